The molecular formula is C13H13BrN2O2. The number of ether oxygens (including phenoxy) is 2. The molecular weight excluding hydrogens is 296 g/mol. The summed E-state index contributed by atoms with van der Waals surface area (Å²) in [5.41, 5.74) is 6.35. The fraction of sp³-hybridized carbons (Fsp3) is 0.154. The van der Waals surface area contributed by atoms with Gasteiger partial charge in [0.1, 0.15) is 5.75 Å². The minimum Gasteiger partial charge on any atom is -0.478 e. The molecule has 18 heavy (non-hydrogen) atoms. The van der Waals surface area contributed by atoms with Crippen molar-refractivity contribution in [3.63, 3.8) is 0 Å². The Bertz CT molecular complexity index is 546. The molecule has 0 atom stereocenters. The number of nitrogens with two attached hydrogens (primary N) is 1. The molecule has 0 aliphatic rings. The van der Waals surface area contributed by atoms with E-state index in [9.17, 15) is 0 Å². The predicted molar refractivity (Wildman–Crippen MR) is 74.0 cm³/mol. The predicted octanol–water partition coefficient (Wildman–Crippen LogP) is 3.62. The molecule has 0 aliphatic carbocycles. The summed E-state index contributed by atoms with van der Waals surface area (Å²) in [6.45, 7) is 2.47. The number of hydrogen-bond donors (Lipinski definition) is 1. The van der Waals surface area contributed by atoms with E-state index in [-0.39, 0.29) is 0 Å². The average molecular weight is 309 g/mol. The number of rotatable bonds is 4. The quantitative estimate of drug-likeness (QED) is 0.876. The van der Waals surface area contributed by atoms with E-state index < -0.39 is 0 Å². The largest absolute Gasteiger partial charge is 0.478 e. The highest BCUT2D eigenvalue weighted by atomic mass is 79.9. The van der Waals surface area contributed by atoms with Gasteiger partial charge in [0.15, 0.2) is 0 Å². The second-order valence-electron chi connectivity index (χ2n) is 3.54. The zero-order valence-corrected chi connectivity index (χ0v) is 11.5. The number of aromatic nitrogens is 1. The Kier molecular flexibility index (Phi) is 4.04. The van der Waals surface area contributed by atoms with Gasteiger partial charge in [-0.15, -0.1) is 0 Å². The van der Waals surface area contributed by atoms with Gasteiger partial charge >= 0.3 is 0 Å². The number of halogens is 1. The normalized spacial score (nSPS) is 10.1. The molecule has 2 rings (SSSR count). The van der Waals surface area contributed by atoms with E-state index in [4.69, 9.17) is 15.2 Å². The maximum atomic E-state index is 5.71. The molecule has 0 spiro atoms. The van der Waals surface area contributed by atoms with Crippen LogP contribution in [0.4, 0.5) is 5.69 Å². The lowest BCUT2D eigenvalue weighted by molar-refractivity contribution is 0.321. The summed E-state index contributed by atoms with van der Waals surface area (Å²) in [7, 11) is 0. The molecule has 2 N–H and O–H groups in total. The number of nitrogen functional groups attached to an aromatic ring is 1. The van der Waals surface area contributed by atoms with E-state index in [1.165, 1.54) is 0 Å². The number of anilines is 1. The van der Waals surface area contributed by atoms with Crippen LogP contribution in [0, 0.1) is 0 Å². The first-order valence-electron chi connectivity index (χ1n) is 5.52. The van der Waals surface area contributed by atoms with Crippen LogP contribution in [0.2, 0.25) is 0 Å². The Labute approximate surface area is 114 Å². The summed E-state index contributed by atoms with van der Waals surface area (Å²) in [4.78, 5) is 4.22. The van der Waals surface area contributed by atoms with Crippen LogP contribution < -0.4 is 15.2 Å². The lowest BCUT2D eigenvalue weighted by atomic mass is 10.3. The van der Waals surface area contributed by atoms with Gasteiger partial charge in [0.05, 0.1) is 11.1 Å². The molecule has 5 heteroatoms. The topological polar surface area (TPSA) is 57.4 Å². The molecule has 0 saturated heterocycles. The lowest BCUT2D eigenvalue weighted by Crippen LogP contribution is -1.96. The Morgan fingerprint density at radius 2 is 2.00 bits per heavy atom. The van der Waals surface area contributed by atoms with Crippen LogP contribution in [0.5, 0.6) is 17.5 Å². The van der Waals surface area contributed by atoms with Crippen molar-refractivity contribution in [2.24, 2.45) is 0 Å². The minimum absolute atomic E-state index is 0.465. The van der Waals surface area contributed by atoms with Gasteiger partial charge in [0, 0.05) is 23.9 Å². The third-order valence-electron chi connectivity index (χ3n) is 2.16. The maximum absolute atomic E-state index is 5.71. The van der Waals surface area contributed by atoms with E-state index in [1.807, 2.05) is 19.1 Å². The lowest BCUT2D eigenvalue weighted by Gasteiger charge is -2.09. The summed E-state index contributed by atoms with van der Waals surface area (Å²) in [6, 6.07) is 10.7. The molecule has 0 amide bonds. The second-order valence-corrected chi connectivity index (χ2v) is 4.39. The molecule has 0 saturated carbocycles. The molecule has 0 radical (unpaired) electrons. The number of nitrogens with zero attached hydrogens (tertiary/aromatic N) is 1. The second kappa shape index (κ2) is 5.73. The van der Waals surface area contributed by atoms with Gasteiger partial charge in [-0.1, -0.05) is 6.07 Å². The van der Waals surface area contributed by atoms with E-state index in [0.717, 1.165) is 4.47 Å². The van der Waals surface area contributed by atoms with Crippen molar-refractivity contribution in [1.82, 2.24) is 4.98 Å². The summed E-state index contributed by atoms with van der Waals surface area (Å²) in [6.07, 6.45) is 0. The summed E-state index contributed by atoms with van der Waals surface area (Å²) in [5.74, 6) is 1.62. The number of hydrogen-bond acceptors (Lipinski definition) is 4. The Hall–Kier alpha value is -1.75. The van der Waals surface area contributed by atoms with Gasteiger partial charge < -0.3 is 15.2 Å². The third-order valence-corrected chi connectivity index (χ3v) is 2.82. The molecule has 1 aromatic carbocycles. The van der Waals surface area contributed by atoms with Crippen LogP contribution in [0.3, 0.4) is 0 Å². The van der Waals surface area contributed by atoms with E-state index in [1.54, 1.807) is 24.3 Å². The molecule has 0 bridgehead atoms. The van der Waals surface area contributed by atoms with Crippen LogP contribution in [-0.2, 0) is 0 Å². The molecule has 0 fully saturated rings. The molecule has 1 aromatic heterocycles. The maximum Gasteiger partial charge on any atom is 0.222 e. The first kappa shape index (κ1) is 12.7. The highest BCUT2D eigenvalue weighted by Gasteiger charge is 2.05. The molecule has 1 heterocycles. The Morgan fingerprint density at radius 3 is 2.78 bits per heavy atom. The standard InChI is InChI=1S/C13H13BrN2O2/c1-2-17-12-4-3-5-13(16-12)18-11-8-9(15)6-7-10(11)14/h3-8H,2,15H2,1H3. The summed E-state index contributed by atoms with van der Waals surface area (Å²) in [5, 5.41) is 0. The van der Waals surface area contributed by atoms with E-state index in [0.29, 0.717) is 29.8 Å². The molecule has 0 aliphatic heterocycles. The highest BCUT2D eigenvalue weighted by Crippen LogP contribution is 2.31. The smallest absolute Gasteiger partial charge is 0.222 e. The fourth-order valence-corrected chi connectivity index (χ4v) is 1.72. The van der Waals surface area contributed by atoms with Gasteiger partial charge in [-0.3, -0.25) is 0 Å². The molecule has 2 aromatic rings. The first-order chi connectivity index (χ1) is 8.69. The van der Waals surface area contributed by atoms with Crippen LogP contribution >= 0.6 is 15.9 Å². The first-order valence-corrected chi connectivity index (χ1v) is 6.31. The average Bonchev–Trinajstić information content (AvgIpc) is 2.35. The number of pyridine rings is 1. The van der Waals surface area contributed by atoms with E-state index in [2.05, 4.69) is 20.9 Å². The van der Waals surface area contributed by atoms with Crippen molar-refractivity contribution in [3.8, 4) is 17.5 Å². The fourth-order valence-electron chi connectivity index (χ4n) is 1.39. The Morgan fingerprint density at radius 1 is 1.22 bits per heavy atom. The molecule has 94 valence electrons. The van der Waals surface area contributed by atoms with Gasteiger partial charge in [0.25, 0.3) is 0 Å². The van der Waals surface area contributed by atoms with Gasteiger partial charge in [-0.2, -0.15) is 4.98 Å². The third kappa shape index (κ3) is 3.13. The van der Waals surface area contributed by atoms with Crippen LogP contribution in [0.25, 0.3) is 0 Å². The molecule has 0 unspecified atom stereocenters. The van der Waals surface area contributed by atoms with Gasteiger partial charge in [-0.05, 0) is 35.0 Å². The number of benzene rings is 1. The SMILES string of the molecule is CCOc1cccc(Oc2cc(N)ccc2Br)n1. The van der Waals surface area contributed by atoms with Crippen molar-refractivity contribution in [3.05, 3.63) is 40.9 Å². The monoisotopic (exact) mass is 308 g/mol. The molecule has 4 nitrogen and oxygen atoms in total. The van der Waals surface area contributed by atoms with Crippen molar-refractivity contribution >= 4 is 21.6 Å². The van der Waals surface area contributed by atoms with Gasteiger partial charge in [-0.25, -0.2) is 0 Å². The van der Waals surface area contributed by atoms with Crippen LogP contribution in [0.15, 0.2) is 40.9 Å². The summed E-state index contributed by atoms with van der Waals surface area (Å²) >= 11 is 3.40. The van der Waals surface area contributed by atoms with E-state index >= 15 is 0 Å². The zero-order valence-electron chi connectivity index (χ0n) is 9.89. The zero-order chi connectivity index (χ0) is 13.0. The van der Waals surface area contributed by atoms with Crippen molar-refractivity contribution in [2.45, 2.75) is 6.92 Å². The van der Waals surface area contributed by atoms with Crippen molar-refractivity contribution < 1.29 is 9.47 Å². The highest BCUT2D eigenvalue weighted by molar-refractivity contribution is 9.10. The van der Waals surface area contributed by atoms with Crippen molar-refractivity contribution in [1.29, 1.82) is 0 Å². The minimum atomic E-state index is 0.465. The van der Waals surface area contributed by atoms with Crippen molar-refractivity contribution in [2.75, 3.05) is 12.3 Å². The summed E-state index contributed by atoms with van der Waals surface area (Å²) < 4.78 is 11.8. The van der Waals surface area contributed by atoms with Crippen LogP contribution in [-0.4, -0.2) is 11.6 Å². The Balaban J connectivity index is 2.22. The van der Waals surface area contributed by atoms with Crippen LogP contribution in [0.1, 0.15) is 6.92 Å². The van der Waals surface area contributed by atoms with Gasteiger partial charge in [0.2, 0.25) is 11.8 Å².